The van der Waals surface area contributed by atoms with E-state index in [2.05, 4.69) is 0 Å². The van der Waals surface area contributed by atoms with E-state index in [9.17, 15) is 0 Å². The lowest BCUT2D eigenvalue weighted by Crippen LogP contribution is -2.13. The smallest absolute Gasteiger partial charge is 0.169 e. The maximum Gasteiger partial charge on any atom is 0.169 e. The molecule has 2 aromatic carbocycles. The molecule has 5 heteroatoms. The molecule has 0 bridgehead atoms. The number of benzene rings is 2. The van der Waals surface area contributed by atoms with E-state index in [1.54, 1.807) is 24.3 Å². The van der Waals surface area contributed by atoms with Crippen LogP contribution >= 0.6 is 0 Å². The Morgan fingerprint density at radius 2 is 2.00 bits per heavy atom. The number of nitrogens with one attached hydrogen (secondary N) is 1. The van der Waals surface area contributed by atoms with Gasteiger partial charge in [0.15, 0.2) is 11.5 Å². The van der Waals surface area contributed by atoms with Crippen molar-refractivity contribution in [3.05, 3.63) is 53.1 Å². The van der Waals surface area contributed by atoms with Crippen LogP contribution < -0.4 is 15.2 Å². The number of nitrogen functional groups attached to an aromatic ring is 1. The number of ether oxygens (including phenoxy) is 2. The highest BCUT2D eigenvalue weighted by atomic mass is 16.5. The first-order valence-corrected chi connectivity index (χ1v) is 6.46. The van der Waals surface area contributed by atoms with Crippen molar-refractivity contribution in [3.8, 4) is 17.2 Å². The summed E-state index contributed by atoms with van der Waals surface area (Å²) in [5.74, 6) is 1.49. The fraction of sp³-hybridized carbons (Fsp3) is 0.188. The second-order valence-corrected chi connectivity index (χ2v) is 4.61. The minimum Gasteiger partial charge on any atom is -0.493 e. The van der Waals surface area contributed by atoms with Crippen molar-refractivity contribution in [2.75, 3.05) is 7.11 Å². The molecule has 5 nitrogen and oxygen atoms in total. The molecular formula is C16H18N2O3. The van der Waals surface area contributed by atoms with Crippen molar-refractivity contribution in [2.24, 2.45) is 5.73 Å². The maximum absolute atomic E-state index is 9.16. The highest BCUT2D eigenvalue weighted by Gasteiger charge is 2.13. The van der Waals surface area contributed by atoms with Gasteiger partial charge in [-0.1, -0.05) is 18.2 Å². The molecule has 21 heavy (non-hydrogen) atoms. The first-order chi connectivity index (χ1) is 10.1. The van der Waals surface area contributed by atoms with Crippen LogP contribution in [0, 0.1) is 12.3 Å². The summed E-state index contributed by atoms with van der Waals surface area (Å²) in [6.45, 7) is 1.82. The van der Waals surface area contributed by atoms with E-state index in [1.165, 1.54) is 7.11 Å². The number of aliphatic hydroxyl groups is 1. The van der Waals surface area contributed by atoms with Gasteiger partial charge in [-0.3, -0.25) is 5.41 Å². The third-order valence-corrected chi connectivity index (χ3v) is 3.12. The Morgan fingerprint density at radius 1 is 1.24 bits per heavy atom. The van der Waals surface area contributed by atoms with Gasteiger partial charge in [0, 0.05) is 0 Å². The molecular weight excluding hydrogens is 268 g/mol. The van der Waals surface area contributed by atoms with Gasteiger partial charge in [0.25, 0.3) is 0 Å². The van der Waals surface area contributed by atoms with Gasteiger partial charge in [-0.15, -0.1) is 0 Å². The Balaban J connectivity index is 2.45. The van der Waals surface area contributed by atoms with Gasteiger partial charge < -0.3 is 20.3 Å². The maximum atomic E-state index is 9.16. The molecule has 4 N–H and O–H groups in total. The van der Waals surface area contributed by atoms with Crippen molar-refractivity contribution in [1.82, 2.24) is 0 Å². The minimum absolute atomic E-state index is 0.0559. The van der Waals surface area contributed by atoms with E-state index >= 15 is 0 Å². The SMILES string of the molecule is COc1cc(CO)ccc1Oc1c(C)cccc1C(=N)N. The number of amidine groups is 1. The predicted molar refractivity (Wildman–Crippen MR) is 81.2 cm³/mol. The lowest BCUT2D eigenvalue weighted by atomic mass is 10.1. The lowest BCUT2D eigenvalue weighted by molar-refractivity contribution is 0.280. The Bertz CT molecular complexity index is 669. The van der Waals surface area contributed by atoms with Gasteiger partial charge in [-0.05, 0) is 36.2 Å². The molecule has 0 saturated carbocycles. The summed E-state index contributed by atoms with van der Waals surface area (Å²) in [5.41, 5.74) is 7.73. The zero-order valence-corrected chi connectivity index (χ0v) is 12.0. The lowest BCUT2D eigenvalue weighted by Gasteiger charge is -2.15. The van der Waals surface area contributed by atoms with Gasteiger partial charge in [0.2, 0.25) is 0 Å². The summed E-state index contributed by atoms with van der Waals surface area (Å²) >= 11 is 0. The largest absolute Gasteiger partial charge is 0.493 e. The number of rotatable bonds is 5. The quantitative estimate of drug-likeness (QED) is 0.582. The minimum atomic E-state index is -0.0697. The third-order valence-electron chi connectivity index (χ3n) is 3.12. The summed E-state index contributed by atoms with van der Waals surface area (Å²) in [7, 11) is 1.53. The molecule has 0 radical (unpaired) electrons. The normalized spacial score (nSPS) is 10.2. The van der Waals surface area contributed by atoms with Gasteiger partial charge in [-0.2, -0.15) is 0 Å². The van der Waals surface area contributed by atoms with Crippen LogP contribution in [0.1, 0.15) is 16.7 Å². The van der Waals surface area contributed by atoms with Crippen LogP contribution in [0.5, 0.6) is 17.2 Å². The molecule has 0 unspecified atom stereocenters. The number of aliphatic hydroxyl groups excluding tert-OH is 1. The molecule has 0 aliphatic rings. The van der Waals surface area contributed by atoms with E-state index in [4.69, 9.17) is 25.7 Å². The van der Waals surface area contributed by atoms with E-state index in [1.807, 2.05) is 19.1 Å². The van der Waals surface area contributed by atoms with Crippen LogP contribution in [0.2, 0.25) is 0 Å². The number of para-hydroxylation sites is 1. The van der Waals surface area contributed by atoms with Crippen molar-refractivity contribution in [3.63, 3.8) is 0 Å². The van der Waals surface area contributed by atoms with Crippen molar-refractivity contribution in [2.45, 2.75) is 13.5 Å². The van der Waals surface area contributed by atoms with Crippen LogP contribution in [0.4, 0.5) is 0 Å². The summed E-state index contributed by atoms with van der Waals surface area (Å²) in [4.78, 5) is 0. The van der Waals surface area contributed by atoms with Crippen molar-refractivity contribution >= 4 is 5.84 Å². The molecule has 0 fully saturated rings. The van der Waals surface area contributed by atoms with Crippen LogP contribution in [-0.2, 0) is 6.61 Å². The van der Waals surface area contributed by atoms with Gasteiger partial charge >= 0.3 is 0 Å². The number of hydrogen-bond acceptors (Lipinski definition) is 4. The zero-order valence-electron chi connectivity index (χ0n) is 12.0. The highest BCUT2D eigenvalue weighted by molar-refractivity contribution is 5.98. The average Bonchev–Trinajstić information content (AvgIpc) is 2.49. The average molecular weight is 286 g/mol. The summed E-state index contributed by atoms with van der Waals surface area (Å²) in [6.07, 6.45) is 0. The zero-order chi connectivity index (χ0) is 15.4. The molecule has 0 amide bonds. The van der Waals surface area contributed by atoms with E-state index < -0.39 is 0 Å². The number of hydrogen-bond donors (Lipinski definition) is 3. The summed E-state index contributed by atoms with van der Waals surface area (Å²) in [5, 5.41) is 16.8. The molecule has 0 saturated heterocycles. The third kappa shape index (κ3) is 3.14. The highest BCUT2D eigenvalue weighted by Crippen LogP contribution is 2.35. The van der Waals surface area contributed by atoms with E-state index in [-0.39, 0.29) is 12.4 Å². The van der Waals surface area contributed by atoms with Crippen LogP contribution in [0.3, 0.4) is 0 Å². The number of aryl methyl sites for hydroxylation is 1. The predicted octanol–water partition coefficient (Wildman–Crippen LogP) is 2.57. The van der Waals surface area contributed by atoms with Gasteiger partial charge in [0.1, 0.15) is 11.6 Å². The summed E-state index contributed by atoms with van der Waals surface area (Å²) < 4.78 is 11.2. The molecule has 0 heterocycles. The molecule has 0 aromatic heterocycles. The number of nitrogens with two attached hydrogens (primary N) is 1. The van der Waals surface area contributed by atoms with Gasteiger partial charge in [-0.25, -0.2) is 0 Å². The standard InChI is InChI=1S/C16H18N2O3/c1-10-4-3-5-12(16(17)18)15(10)21-13-7-6-11(9-19)8-14(13)20-2/h3-8,19H,9H2,1-2H3,(H3,17,18). The fourth-order valence-corrected chi connectivity index (χ4v) is 2.00. The second-order valence-electron chi connectivity index (χ2n) is 4.61. The first-order valence-electron chi connectivity index (χ1n) is 6.46. The Labute approximate surface area is 123 Å². The molecule has 2 rings (SSSR count). The molecule has 0 spiro atoms. The molecule has 0 aliphatic carbocycles. The molecule has 110 valence electrons. The summed E-state index contributed by atoms with van der Waals surface area (Å²) in [6, 6.07) is 10.6. The topological polar surface area (TPSA) is 88.6 Å². The molecule has 0 aliphatic heterocycles. The monoisotopic (exact) mass is 286 g/mol. The van der Waals surface area contributed by atoms with Crippen molar-refractivity contribution < 1.29 is 14.6 Å². The number of methoxy groups -OCH3 is 1. The Hall–Kier alpha value is -2.53. The van der Waals surface area contributed by atoms with Crippen LogP contribution in [0.15, 0.2) is 36.4 Å². The van der Waals surface area contributed by atoms with Crippen molar-refractivity contribution in [1.29, 1.82) is 5.41 Å². The van der Waals surface area contributed by atoms with Crippen LogP contribution in [0.25, 0.3) is 0 Å². The second kappa shape index (κ2) is 6.28. The van der Waals surface area contributed by atoms with Crippen LogP contribution in [-0.4, -0.2) is 18.1 Å². The van der Waals surface area contributed by atoms with E-state index in [0.29, 0.717) is 22.8 Å². The molecule has 2 aromatic rings. The fourth-order valence-electron chi connectivity index (χ4n) is 2.00. The van der Waals surface area contributed by atoms with Gasteiger partial charge in [0.05, 0.1) is 19.3 Å². The van der Waals surface area contributed by atoms with E-state index in [0.717, 1.165) is 11.1 Å². The first kappa shape index (κ1) is 14.9. The molecule has 0 atom stereocenters. The Morgan fingerprint density at radius 3 is 2.62 bits per heavy atom. The Kier molecular flexibility index (Phi) is 4.45.